The van der Waals surface area contributed by atoms with Crippen LogP contribution in [0.1, 0.15) is 24.6 Å². The number of aromatic nitrogens is 4. The summed E-state index contributed by atoms with van der Waals surface area (Å²) < 4.78 is 40.7. The number of amides is 1. The lowest BCUT2D eigenvalue weighted by Gasteiger charge is -2.02. The molecule has 0 saturated carbocycles. The lowest BCUT2D eigenvalue weighted by molar-refractivity contribution is -0.159. The van der Waals surface area contributed by atoms with Crippen molar-refractivity contribution in [1.82, 2.24) is 20.1 Å². The zero-order valence-electron chi connectivity index (χ0n) is 10.6. The molecule has 0 radical (unpaired) electrons. The van der Waals surface area contributed by atoms with Gasteiger partial charge in [-0.25, -0.2) is 9.97 Å². The SMILES string of the molecule is O=C(CCCc1noc(C(F)(F)F)n1)Nc1ccncn1. The van der Waals surface area contributed by atoms with E-state index in [0.29, 0.717) is 5.82 Å². The average Bonchev–Trinajstić information content (AvgIpc) is 2.88. The van der Waals surface area contributed by atoms with Crippen LogP contribution in [0.25, 0.3) is 0 Å². The van der Waals surface area contributed by atoms with Crippen LogP contribution in [0.2, 0.25) is 0 Å². The molecule has 0 aromatic carbocycles. The summed E-state index contributed by atoms with van der Waals surface area (Å²) in [5.74, 6) is -1.43. The maximum atomic E-state index is 12.2. The largest absolute Gasteiger partial charge is 0.471 e. The number of carbonyl (C=O) groups excluding carboxylic acids is 1. The van der Waals surface area contributed by atoms with Crippen LogP contribution in [-0.2, 0) is 17.4 Å². The van der Waals surface area contributed by atoms with Gasteiger partial charge >= 0.3 is 12.1 Å². The molecule has 0 aliphatic heterocycles. The molecule has 0 unspecified atom stereocenters. The molecule has 10 heteroatoms. The van der Waals surface area contributed by atoms with Crippen LogP contribution < -0.4 is 5.32 Å². The number of halogens is 3. The molecule has 0 aliphatic rings. The number of anilines is 1. The number of nitrogens with zero attached hydrogens (tertiary/aromatic N) is 4. The molecule has 2 heterocycles. The van der Waals surface area contributed by atoms with Crippen LogP contribution in [0.5, 0.6) is 0 Å². The number of hydrogen-bond donors (Lipinski definition) is 1. The lowest BCUT2D eigenvalue weighted by Crippen LogP contribution is -2.12. The summed E-state index contributed by atoms with van der Waals surface area (Å²) in [7, 11) is 0. The summed E-state index contributed by atoms with van der Waals surface area (Å²) in [4.78, 5) is 22.3. The van der Waals surface area contributed by atoms with E-state index in [9.17, 15) is 18.0 Å². The zero-order valence-corrected chi connectivity index (χ0v) is 10.6. The monoisotopic (exact) mass is 301 g/mol. The highest BCUT2D eigenvalue weighted by molar-refractivity contribution is 5.89. The van der Waals surface area contributed by atoms with Gasteiger partial charge in [0.15, 0.2) is 5.82 Å². The molecule has 1 N–H and O–H groups in total. The van der Waals surface area contributed by atoms with E-state index in [1.165, 1.54) is 18.6 Å². The highest BCUT2D eigenvalue weighted by Crippen LogP contribution is 2.27. The van der Waals surface area contributed by atoms with Crippen molar-refractivity contribution in [2.24, 2.45) is 0 Å². The van der Waals surface area contributed by atoms with E-state index < -0.39 is 12.1 Å². The Balaban J connectivity index is 1.77. The Morgan fingerprint density at radius 1 is 1.38 bits per heavy atom. The summed E-state index contributed by atoms with van der Waals surface area (Å²) in [6.07, 6.45) is -1.41. The van der Waals surface area contributed by atoms with E-state index >= 15 is 0 Å². The predicted octanol–water partition coefficient (Wildman–Crippen LogP) is 1.84. The average molecular weight is 301 g/mol. The number of hydrogen-bond acceptors (Lipinski definition) is 6. The van der Waals surface area contributed by atoms with Crippen LogP contribution in [0.4, 0.5) is 19.0 Å². The van der Waals surface area contributed by atoms with Gasteiger partial charge in [-0.05, 0) is 12.5 Å². The second-order valence-electron chi connectivity index (χ2n) is 4.01. The second-order valence-corrected chi connectivity index (χ2v) is 4.01. The van der Waals surface area contributed by atoms with Crippen molar-refractivity contribution in [3.8, 4) is 0 Å². The Hall–Kier alpha value is -2.52. The fourth-order valence-electron chi connectivity index (χ4n) is 1.45. The van der Waals surface area contributed by atoms with Gasteiger partial charge in [-0.2, -0.15) is 18.2 Å². The maximum Gasteiger partial charge on any atom is 0.471 e. The van der Waals surface area contributed by atoms with Crippen LogP contribution in [0, 0.1) is 0 Å². The van der Waals surface area contributed by atoms with Gasteiger partial charge < -0.3 is 9.84 Å². The Kier molecular flexibility index (Phi) is 4.45. The Morgan fingerprint density at radius 3 is 2.81 bits per heavy atom. The summed E-state index contributed by atoms with van der Waals surface area (Å²) >= 11 is 0. The van der Waals surface area contributed by atoms with Crippen LogP contribution in [0.3, 0.4) is 0 Å². The molecular weight excluding hydrogens is 291 g/mol. The first kappa shape index (κ1) is 14.9. The van der Waals surface area contributed by atoms with Gasteiger partial charge in [-0.1, -0.05) is 5.16 Å². The highest BCUT2D eigenvalue weighted by atomic mass is 19.4. The van der Waals surface area contributed by atoms with E-state index in [1.54, 1.807) is 0 Å². The van der Waals surface area contributed by atoms with Crippen LogP contribution in [-0.4, -0.2) is 26.0 Å². The minimum atomic E-state index is -4.66. The molecule has 1 amide bonds. The van der Waals surface area contributed by atoms with Crippen molar-refractivity contribution in [1.29, 1.82) is 0 Å². The molecule has 0 fully saturated rings. The van der Waals surface area contributed by atoms with Crippen LogP contribution >= 0.6 is 0 Å². The predicted molar refractivity (Wildman–Crippen MR) is 62.9 cm³/mol. The first-order chi connectivity index (χ1) is 9.95. The van der Waals surface area contributed by atoms with Gasteiger partial charge in [0, 0.05) is 19.0 Å². The first-order valence-corrected chi connectivity index (χ1v) is 5.91. The molecule has 2 aromatic rings. The van der Waals surface area contributed by atoms with Crippen molar-refractivity contribution in [2.45, 2.75) is 25.4 Å². The van der Waals surface area contributed by atoms with Crippen LogP contribution in [0.15, 0.2) is 23.1 Å². The zero-order chi connectivity index (χ0) is 15.3. The number of aryl methyl sites for hydroxylation is 1. The fourth-order valence-corrected chi connectivity index (χ4v) is 1.45. The fraction of sp³-hybridized carbons (Fsp3) is 0.364. The van der Waals surface area contributed by atoms with Gasteiger partial charge in [0.1, 0.15) is 12.1 Å². The minimum Gasteiger partial charge on any atom is -0.329 e. The van der Waals surface area contributed by atoms with E-state index in [1.807, 2.05) is 0 Å². The van der Waals surface area contributed by atoms with Gasteiger partial charge in [-0.15, -0.1) is 0 Å². The van der Waals surface area contributed by atoms with E-state index in [-0.39, 0.29) is 31.0 Å². The first-order valence-electron chi connectivity index (χ1n) is 5.91. The number of carbonyl (C=O) groups is 1. The molecule has 7 nitrogen and oxygen atoms in total. The quantitative estimate of drug-likeness (QED) is 0.905. The third kappa shape index (κ3) is 4.51. The van der Waals surface area contributed by atoms with Crippen molar-refractivity contribution in [3.05, 3.63) is 30.3 Å². The number of rotatable bonds is 5. The third-order valence-corrected chi connectivity index (χ3v) is 2.36. The molecule has 21 heavy (non-hydrogen) atoms. The molecule has 112 valence electrons. The second kappa shape index (κ2) is 6.29. The maximum absolute atomic E-state index is 12.2. The summed E-state index contributed by atoms with van der Waals surface area (Å²) in [6, 6.07) is 1.52. The molecular formula is C11H10F3N5O2. The molecule has 0 saturated heterocycles. The smallest absolute Gasteiger partial charge is 0.329 e. The van der Waals surface area contributed by atoms with Crippen molar-refractivity contribution >= 4 is 11.7 Å². The van der Waals surface area contributed by atoms with Gasteiger partial charge in [0.05, 0.1) is 0 Å². The van der Waals surface area contributed by atoms with E-state index in [0.717, 1.165) is 0 Å². The summed E-state index contributed by atoms with van der Waals surface area (Å²) in [6.45, 7) is 0. The van der Waals surface area contributed by atoms with Crippen molar-refractivity contribution in [3.63, 3.8) is 0 Å². The Bertz CT molecular complexity index is 599. The molecule has 2 rings (SSSR count). The van der Waals surface area contributed by atoms with Gasteiger partial charge in [-0.3, -0.25) is 4.79 Å². The molecule has 0 atom stereocenters. The van der Waals surface area contributed by atoms with Gasteiger partial charge in [0.2, 0.25) is 5.91 Å². The number of nitrogens with one attached hydrogen (secondary N) is 1. The molecule has 0 spiro atoms. The topological polar surface area (TPSA) is 93.8 Å². The molecule has 2 aromatic heterocycles. The Labute approximate surface area is 116 Å². The summed E-state index contributed by atoms with van der Waals surface area (Å²) in [5.41, 5.74) is 0. The standard InChI is InChI=1S/C11H10F3N5O2/c12-11(13,14)10-18-8(19-21-10)2-1-3-9(20)17-7-4-5-15-6-16-7/h4-6H,1-3H2,(H,15,16,17,20). The third-order valence-electron chi connectivity index (χ3n) is 2.36. The normalized spacial score (nSPS) is 11.4. The Morgan fingerprint density at radius 2 is 2.19 bits per heavy atom. The summed E-state index contributed by atoms with van der Waals surface area (Å²) in [5, 5.41) is 5.73. The van der Waals surface area contributed by atoms with Crippen molar-refractivity contribution in [2.75, 3.05) is 5.32 Å². The minimum absolute atomic E-state index is 0.0860. The van der Waals surface area contributed by atoms with E-state index in [2.05, 4.69) is 29.9 Å². The van der Waals surface area contributed by atoms with Crippen molar-refractivity contribution < 1.29 is 22.5 Å². The number of alkyl halides is 3. The highest BCUT2D eigenvalue weighted by Gasteiger charge is 2.38. The lowest BCUT2D eigenvalue weighted by atomic mass is 10.2. The molecule has 0 aliphatic carbocycles. The van der Waals surface area contributed by atoms with E-state index in [4.69, 9.17) is 0 Å². The molecule has 0 bridgehead atoms. The van der Waals surface area contributed by atoms with Gasteiger partial charge in [0.25, 0.3) is 0 Å².